The molecule has 2 nitrogen and oxygen atoms in total. The fraction of sp³-hybridized carbons (Fsp3) is 0. The number of carboxylic acid groups (broad SMARTS) is 1. The molecule has 6 heteroatoms. The summed E-state index contributed by atoms with van der Waals surface area (Å²) < 4.78 is 0. The summed E-state index contributed by atoms with van der Waals surface area (Å²) in [5, 5.41) is 10.2. The average Bonchev–Trinajstić information content (AvgIpc) is 2.41. The van der Waals surface area contributed by atoms with E-state index in [1.54, 1.807) is 30.3 Å². The number of hydrogen-bond acceptors (Lipinski definition) is 1. The van der Waals surface area contributed by atoms with Gasteiger partial charge in [0.15, 0.2) is 0 Å². The molecule has 0 spiro atoms. The van der Waals surface area contributed by atoms with Crippen LogP contribution in [-0.4, -0.2) is 11.1 Å². The maximum Gasteiger partial charge on any atom is 0.328 e. The van der Waals surface area contributed by atoms with Gasteiger partial charge >= 0.3 is 5.97 Å². The minimum atomic E-state index is -1.03. The molecule has 2 aromatic carbocycles. The minimum Gasteiger partial charge on any atom is -0.478 e. The lowest BCUT2D eigenvalue weighted by Gasteiger charge is -2.09. The molecule has 1 N–H and O–H groups in total. The van der Waals surface area contributed by atoms with Crippen molar-refractivity contribution in [2.75, 3.05) is 0 Å². The van der Waals surface area contributed by atoms with Gasteiger partial charge < -0.3 is 5.11 Å². The van der Waals surface area contributed by atoms with Gasteiger partial charge in [0.05, 0.1) is 15.1 Å². The van der Waals surface area contributed by atoms with Gasteiger partial charge in [0.25, 0.3) is 0 Å². The summed E-state index contributed by atoms with van der Waals surface area (Å²) in [7, 11) is 0. The number of aliphatic carboxylic acids is 1. The normalized spacial score (nSPS) is 11.0. The molecule has 2 aromatic rings. The summed E-state index contributed by atoms with van der Waals surface area (Å²) in [6.45, 7) is 0. The number of rotatable bonds is 3. The molecule has 0 saturated heterocycles. The first-order valence-electron chi connectivity index (χ1n) is 5.74. The van der Waals surface area contributed by atoms with Crippen molar-refractivity contribution in [3.8, 4) is 11.1 Å². The van der Waals surface area contributed by atoms with Crippen LogP contribution in [0, 0.1) is 0 Å². The molecule has 0 atom stereocenters. The molecule has 0 aliphatic carbocycles. The number of halogens is 4. The Morgan fingerprint density at radius 3 is 2.10 bits per heavy atom. The van der Waals surface area contributed by atoms with Crippen LogP contribution in [-0.2, 0) is 4.79 Å². The zero-order valence-electron chi connectivity index (χ0n) is 10.4. The Hall–Kier alpha value is -1.19. The minimum absolute atomic E-state index is 0.363. The van der Waals surface area contributed by atoms with Crippen molar-refractivity contribution < 1.29 is 9.90 Å². The lowest BCUT2D eigenvalue weighted by molar-refractivity contribution is -0.131. The molecule has 108 valence electrons. The van der Waals surface area contributed by atoms with Gasteiger partial charge in [-0.15, -0.1) is 0 Å². The van der Waals surface area contributed by atoms with Crippen LogP contribution >= 0.6 is 46.4 Å². The highest BCUT2D eigenvalue weighted by molar-refractivity contribution is 6.44. The monoisotopic (exact) mass is 360 g/mol. The van der Waals surface area contributed by atoms with Crippen LogP contribution in [0.1, 0.15) is 5.56 Å². The van der Waals surface area contributed by atoms with E-state index >= 15 is 0 Å². The first kappa shape index (κ1) is 16.2. The Labute approximate surface area is 141 Å². The van der Waals surface area contributed by atoms with E-state index in [0.29, 0.717) is 36.8 Å². The average molecular weight is 362 g/mol. The first-order valence-corrected chi connectivity index (χ1v) is 7.25. The molecule has 0 fully saturated rings. The lowest BCUT2D eigenvalue weighted by Crippen LogP contribution is -1.87. The third kappa shape index (κ3) is 3.92. The van der Waals surface area contributed by atoms with Crippen LogP contribution in [0.15, 0.2) is 36.4 Å². The number of benzene rings is 2. The highest BCUT2D eigenvalue weighted by atomic mass is 35.5. The van der Waals surface area contributed by atoms with E-state index in [1.165, 1.54) is 6.08 Å². The first-order chi connectivity index (χ1) is 9.88. The van der Waals surface area contributed by atoms with Gasteiger partial charge in [-0.2, -0.15) is 0 Å². The number of carbonyl (C=O) groups is 1. The highest BCUT2D eigenvalue weighted by Gasteiger charge is 2.11. The van der Waals surface area contributed by atoms with Crippen LogP contribution in [0.2, 0.25) is 20.1 Å². The van der Waals surface area contributed by atoms with Crippen LogP contribution < -0.4 is 0 Å². The van der Waals surface area contributed by atoms with Crippen molar-refractivity contribution >= 4 is 58.4 Å². The van der Waals surface area contributed by atoms with E-state index in [9.17, 15) is 4.79 Å². The van der Waals surface area contributed by atoms with Crippen LogP contribution in [0.4, 0.5) is 0 Å². The van der Waals surface area contributed by atoms with Crippen LogP contribution in [0.3, 0.4) is 0 Å². The van der Waals surface area contributed by atoms with Gasteiger partial charge in [0.1, 0.15) is 0 Å². The number of carboxylic acids is 1. The second kappa shape index (κ2) is 6.71. The van der Waals surface area contributed by atoms with Gasteiger partial charge in [0, 0.05) is 22.2 Å². The topological polar surface area (TPSA) is 37.3 Å². The second-order valence-electron chi connectivity index (χ2n) is 4.16. The van der Waals surface area contributed by atoms with E-state index in [1.807, 2.05) is 0 Å². The molecule has 0 amide bonds. The summed E-state index contributed by atoms with van der Waals surface area (Å²) in [5.74, 6) is -1.03. The Kier molecular flexibility index (Phi) is 5.17. The predicted octanol–water partition coefficient (Wildman–Crippen LogP) is 6.07. The molecular formula is C15H8Cl4O2. The molecule has 0 heterocycles. The molecular weight excluding hydrogens is 354 g/mol. The van der Waals surface area contributed by atoms with Crippen LogP contribution in [0.25, 0.3) is 17.2 Å². The van der Waals surface area contributed by atoms with E-state index in [4.69, 9.17) is 51.5 Å². The Morgan fingerprint density at radius 1 is 0.857 bits per heavy atom. The van der Waals surface area contributed by atoms with Gasteiger partial charge in [-0.25, -0.2) is 4.79 Å². The van der Waals surface area contributed by atoms with E-state index in [-0.39, 0.29) is 0 Å². The van der Waals surface area contributed by atoms with Gasteiger partial charge in [-0.1, -0.05) is 58.5 Å². The third-order valence-electron chi connectivity index (χ3n) is 2.71. The van der Waals surface area contributed by atoms with Gasteiger partial charge in [-0.3, -0.25) is 0 Å². The molecule has 0 unspecified atom stereocenters. The summed E-state index contributed by atoms with van der Waals surface area (Å²) >= 11 is 24.3. The molecule has 0 aliphatic rings. The van der Waals surface area contributed by atoms with Crippen molar-refractivity contribution in [2.24, 2.45) is 0 Å². The molecule has 0 aliphatic heterocycles. The van der Waals surface area contributed by atoms with Crippen molar-refractivity contribution in [3.63, 3.8) is 0 Å². The molecule has 0 bridgehead atoms. The van der Waals surface area contributed by atoms with Crippen molar-refractivity contribution in [3.05, 3.63) is 62.1 Å². The smallest absolute Gasteiger partial charge is 0.328 e. The lowest BCUT2D eigenvalue weighted by atomic mass is 10.0. The Bertz CT molecular complexity index is 739. The van der Waals surface area contributed by atoms with E-state index in [2.05, 4.69) is 0 Å². The Balaban J connectivity index is 2.47. The predicted molar refractivity (Wildman–Crippen MR) is 88.6 cm³/mol. The van der Waals surface area contributed by atoms with Crippen LogP contribution in [0.5, 0.6) is 0 Å². The van der Waals surface area contributed by atoms with Crippen molar-refractivity contribution in [1.29, 1.82) is 0 Å². The zero-order chi connectivity index (χ0) is 15.6. The highest BCUT2D eigenvalue weighted by Crippen LogP contribution is 2.38. The fourth-order valence-electron chi connectivity index (χ4n) is 1.75. The second-order valence-corrected chi connectivity index (χ2v) is 5.79. The molecule has 0 aromatic heterocycles. The zero-order valence-corrected chi connectivity index (χ0v) is 13.4. The van der Waals surface area contributed by atoms with Gasteiger partial charge in [0.2, 0.25) is 0 Å². The molecule has 0 saturated carbocycles. The Morgan fingerprint density at radius 2 is 1.48 bits per heavy atom. The van der Waals surface area contributed by atoms with Gasteiger partial charge in [-0.05, 0) is 29.8 Å². The third-order valence-corrected chi connectivity index (χ3v) is 4.06. The summed E-state index contributed by atoms with van der Waals surface area (Å²) in [4.78, 5) is 10.5. The molecule has 21 heavy (non-hydrogen) atoms. The summed E-state index contributed by atoms with van der Waals surface area (Å²) in [5.41, 5.74) is 2.01. The van der Waals surface area contributed by atoms with E-state index < -0.39 is 5.97 Å². The molecule has 2 rings (SSSR count). The fourth-order valence-corrected chi connectivity index (χ4v) is 2.69. The van der Waals surface area contributed by atoms with Crippen molar-refractivity contribution in [1.82, 2.24) is 0 Å². The number of hydrogen-bond donors (Lipinski definition) is 1. The van der Waals surface area contributed by atoms with Crippen molar-refractivity contribution in [2.45, 2.75) is 0 Å². The van der Waals surface area contributed by atoms with E-state index in [0.717, 1.165) is 6.08 Å². The summed E-state index contributed by atoms with van der Waals surface area (Å²) in [6.07, 6.45) is 2.49. The quantitative estimate of drug-likeness (QED) is 0.532. The maximum absolute atomic E-state index is 10.5. The maximum atomic E-state index is 10.5. The largest absolute Gasteiger partial charge is 0.478 e. The summed E-state index contributed by atoms with van der Waals surface area (Å²) in [6, 6.07) is 8.32. The molecule has 0 radical (unpaired) electrons. The SMILES string of the molecule is O=C(O)/C=C/c1ccc(-c2cc(Cl)c(Cl)cc2Cl)c(Cl)c1. The standard InChI is InChI=1S/C15H8Cl4O2/c16-11-5-8(2-4-15(20)21)1-3-9(11)10-6-13(18)14(19)7-12(10)17/h1-7H,(H,20,21)/b4-2+.